The van der Waals surface area contributed by atoms with E-state index in [1.165, 1.54) is 20.3 Å². The summed E-state index contributed by atoms with van der Waals surface area (Å²) in [5, 5.41) is 0. The number of hydrogen-bond acceptors (Lipinski definition) is 5. The van der Waals surface area contributed by atoms with Crippen LogP contribution in [0.4, 0.5) is 0 Å². The number of nitrogens with one attached hydrogen (secondary N) is 1. The lowest BCUT2D eigenvalue weighted by molar-refractivity contribution is 0.344. The predicted octanol–water partition coefficient (Wildman–Crippen LogP) is 1.63. The molecular weight excluding hydrogens is 316 g/mol. The summed E-state index contributed by atoms with van der Waals surface area (Å²) in [5.74, 6) is 1.22. The van der Waals surface area contributed by atoms with Gasteiger partial charge in [-0.15, -0.1) is 0 Å². The quantitative estimate of drug-likeness (QED) is 0.851. The maximum atomic E-state index is 12.8. The van der Waals surface area contributed by atoms with Gasteiger partial charge in [-0.1, -0.05) is 13.8 Å². The van der Waals surface area contributed by atoms with E-state index in [0.29, 0.717) is 17.1 Å². The molecule has 1 aromatic rings. The fourth-order valence-electron chi connectivity index (χ4n) is 2.99. The molecule has 1 aromatic carbocycles. The minimum atomic E-state index is -3.61. The van der Waals surface area contributed by atoms with Gasteiger partial charge >= 0.3 is 0 Å². The Labute approximate surface area is 138 Å². The van der Waals surface area contributed by atoms with E-state index in [0.717, 1.165) is 19.6 Å². The van der Waals surface area contributed by atoms with Crippen LogP contribution in [0.3, 0.4) is 0 Å². The zero-order valence-electron chi connectivity index (χ0n) is 14.4. The largest absolute Gasteiger partial charge is 0.493 e. The summed E-state index contributed by atoms with van der Waals surface area (Å²) < 4.78 is 38.9. The van der Waals surface area contributed by atoms with Crippen molar-refractivity contribution in [2.45, 2.75) is 31.7 Å². The first-order valence-electron chi connectivity index (χ1n) is 7.79. The third kappa shape index (κ3) is 3.79. The van der Waals surface area contributed by atoms with E-state index in [4.69, 9.17) is 9.47 Å². The van der Waals surface area contributed by atoms with E-state index in [-0.39, 0.29) is 16.9 Å². The minimum Gasteiger partial charge on any atom is -0.493 e. The highest BCUT2D eigenvalue weighted by atomic mass is 32.2. The van der Waals surface area contributed by atoms with Crippen molar-refractivity contribution < 1.29 is 17.9 Å². The number of aryl methyl sites for hydroxylation is 1. The number of likely N-dealkylation sites (tertiary alicyclic amines) is 1. The molecule has 2 atom stereocenters. The van der Waals surface area contributed by atoms with Crippen LogP contribution in [0.25, 0.3) is 0 Å². The first kappa shape index (κ1) is 18.0. The Morgan fingerprint density at radius 3 is 2.35 bits per heavy atom. The number of methoxy groups -OCH3 is 2. The predicted molar refractivity (Wildman–Crippen MR) is 89.7 cm³/mol. The Kier molecular flexibility index (Phi) is 5.54. The Hall–Kier alpha value is -1.31. The highest BCUT2D eigenvalue weighted by Crippen LogP contribution is 2.32. The van der Waals surface area contributed by atoms with Crippen molar-refractivity contribution >= 4 is 10.0 Å². The second-order valence-corrected chi connectivity index (χ2v) is 7.71. The summed E-state index contributed by atoms with van der Waals surface area (Å²) in [6.07, 6.45) is 0. The molecule has 6 nitrogen and oxygen atoms in total. The van der Waals surface area contributed by atoms with Crippen molar-refractivity contribution in [2.75, 3.05) is 33.9 Å². The third-order valence-electron chi connectivity index (χ3n) is 4.41. The molecule has 130 valence electrons. The Balaban J connectivity index is 2.29. The molecule has 1 aliphatic rings. The topological polar surface area (TPSA) is 67.9 Å². The van der Waals surface area contributed by atoms with E-state index < -0.39 is 10.0 Å². The van der Waals surface area contributed by atoms with Crippen LogP contribution in [0, 0.1) is 12.8 Å². The molecule has 0 spiro atoms. The van der Waals surface area contributed by atoms with E-state index in [1.54, 1.807) is 13.0 Å². The second-order valence-electron chi connectivity index (χ2n) is 6.03. The number of benzene rings is 1. The van der Waals surface area contributed by atoms with Crippen molar-refractivity contribution in [1.29, 1.82) is 0 Å². The monoisotopic (exact) mass is 342 g/mol. The molecule has 2 rings (SSSR count). The van der Waals surface area contributed by atoms with Gasteiger partial charge in [-0.05, 0) is 31.0 Å². The Morgan fingerprint density at radius 1 is 1.22 bits per heavy atom. The summed E-state index contributed by atoms with van der Waals surface area (Å²) in [6.45, 7) is 8.50. The van der Waals surface area contributed by atoms with Gasteiger partial charge in [-0.3, -0.25) is 0 Å². The van der Waals surface area contributed by atoms with E-state index in [1.807, 2.05) is 0 Å². The number of hydrogen-bond donors (Lipinski definition) is 1. The first-order valence-corrected chi connectivity index (χ1v) is 9.28. The molecule has 7 heteroatoms. The fraction of sp³-hybridized carbons (Fsp3) is 0.625. The summed E-state index contributed by atoms with van der Waals surface area (Å²) in [6, 6.07) is 3.13. The van der Waals surface area contributed by atoms with Crippen LogP contribution in [0.1, 0.15) is 19.4 Å². The van der Waals surface area contributed by atoms with Crippen LogP contribution in [0.2, 0.25) is 0 Å². The lowest BCUT2D eigenvalue weighted by Crippen LogP contribution is -2.40. The van der Waals surface area contributed by atoms with Crippen LogP contribution in [-0.4, -0.2) is 53.2 Å². The molecule has 23 heavy (non-hydrogen) atoms. The SMILES string of the molecule is CCN1C[C@H](NS(=O)(=O)c2cc(OC)c(OC)cc2C)[C@@H](C)C1. The molecule has 0 aromatic heterocycles. The van der Waals surface area contributed by atoms with Gasteiger partial charge in [-0.2, -0.15) is 0 Å². The van der Waals surface area contributed by atoms with E-state index in [9.17, 15) is 8.42 Å². The number of rotatable bonds is 6. The van der Waals surface area contributed by atoms with Gasteiger partial charge in [-0.25, -0.2) is 13.1 Å². The number of nitrogens with zero attached hydrogens (tertiary/aromatic N) is 1. The molecule has 0 aliphatic carbocycles. The summed E-state index contributed by atoms with van der Waals surface area (Å²) in [4.78, 5) is 2.48. The summed E-state index contributed by atoms with van der Waals surface area (Å²) in [5.41, 5.74) is 0.633. The second kappa shape index (κ2) is 7.07. The summed E-state index contributed by atoms with van der Waals surface area (Å²) >= 11 is 0. The van der Waals surface area contributed by atoms with Crippen LogP contribution < -0.4 is 14.2 Å². The van der Waals surface area contributed by atoms with Crippen molar-refractivity contribution in [3.63, 3.8) is 0 Å². The van der Waals surface area contributed by atoms with Crippen LogP contribution in [0.15, 0.2) is 17.0 Å². The third-order valence-corrected chi connectivity index (χ3v) is 6.04. The molecule has 0 radical (unpaired) electrons. The maximum absolute atomic E-state index is 12.8. The Bertz CT molecular complexity index is 660. The lowest BCUT2D eigenvalue weighted by Gasteiger charge is -2.19. The average Bonchev–Trinajstić information content (AvgIpc) is 2.86. The number of likely N-dealkylation sites (N-methyl/N-ethyl adjacent to an activating group) is 1. The fourth-order valence-corrected chi connectivity index (χ4v) is 4.57. The summed E-state index contributed by atoms with van der Waals surface area (Å²) in [7, 11) is -0.582. The smallest absolute Gasteiger partial charge is 0.241 e. The molecule has 0 amide bonds. The van der Waals surface area contributed by atoms with Gasteiger partial charge in [0.05, 0.1) is 19.1 Å². The Morgan fingerprint density at radius 2 is 1.83 bits per heavy atom. The maximum Gasteiger partial charge on any atom is 0.241 e. The van der Waals surface area contributed by atoms with Crippen LogP contribution in [-0.2, 0) is 10.0 Å². The number of sulfonamides is 1. The van der Waals surface area contributed by atoms with E-state index >= 15 is 0 Å². The zero-order valence-corrected chi connectivity index (χ0v) is 15.2. The van der Waals surface area contributed by atoms with Crippen molar-refractivity contribution in [1.82, 2.24) is 9.62 Å². The van der Waals surface area contributed by atoms with Crippen molar-refractivity contribution in [3.05, 3.63) is 17.7 Å². The first-order chi connectivity index (χ1) is 10.8. The minimum absolute atomic E-state index is 0.0764. The van der Waals surface area contributed by atoms with Gasteiger partial charge in [0.15, 0.2) is 11.5 Å². The van der Waals surface area contributed by atoms with Crippen molar-refractivity contribution in [3.8, 4) is 11.5 Å². The van der Waals surface area contributed by atoms with Gasteiger partial charge in [0.1, 0.15) is 0 Å². The molecule has 0 saturated carbocycles. The average molecular weight is 342 g/mol. The zero-order chi connectivity index (χ0) is 17.2. The molecule has 0 bridgehead atoms. The molecule has 1 saturated heterocycles. The molecule has 1 heterocycles. The standard InChI is InChI=1S/C16H26N2O4S/c1-6-18-9-12(3)13(10-18)17-23(19,20)16-8-15(22-5)14(21-4)7-11(16)2/h7-8,12-13,17H,6,9-10H2,1-5H3/t12-,13-/m0/s1. The van der Waals surface area contributed by atoms with Gasteiger partial charge in [0.25, 0.3) is 0 Å². The number of ether oxygens (including phenoxy) is 2. The van der Waals surface area contributed by atoms with E-state index in [2.05, 4.69) is 23.5 Å². The van der Waals surface area contributed by atoms with Gasteiger partial charge < -0.3 is 14.4 Å². The van der Waals surface area contributed by atoms with Gasteiger partial charge in [0, 0.05) is 25.2 Å². The van der Waals surface area contributed by atoms with Crippen LogP contribution >= 0.6 is 0 Å². The lowest BCUT2D eigenvalue weighted by atomic mass is 10.1. The molecule has 1 fully saturated rings. The van der Waals surface area contributed by atoms with Crippen molar-refractivity contribution in [2.24, 2.45) is 5.92 Å². The molecule has 1 aliphatic heterocycles. The molecule has 1 N–H and O–H groups in total. The highest BCUT2D eigenvalue weighted by Gasteiger charge is 2.33. The molecule has 0 unspecified atom stereocenters. The van der Waals surface area contributed by atoms with Gasteiger partial charge in [0.2, 0.25) is 10.0 Å². The highest BCUT2D eigenvalue weighted by molar-refractivity contribution is 7.89. The normalized spacial score (nSPS) is 22.3. The van der Waals surface area contributed by atoms with Crippen LogP contribution in [0.5, 0.6) is 11.5 Å². The molecular formula is C16H26N2O4S.